The van der Waals surface area contributed by atoms with E-state index in [1.54, 1.807) is 48.8 Å². The predicted molar refractivity (Wildman–Crippen MR) is 117 cm³/mol. The summed E-state index contributed by atoms with van der Waals surface area (Å²) in [5, 5.41) is 3.85. The molecule has 0 spiro atoms. The number of hydrogen-bond acceptors (Lipinski definition) is 4. The summed E-state index contributed by atoms with van der Waals surface area (Å²) in [5.41, 5.74) is 1.94. The van der Waals surface area contributed by atoms with Crippen molar-refractivity contribution in [2.75, 3.05) is 0 Å². The monoisotopic (exact) mass is 388 g/mol. The highest BCUT2D eigenvalue weighted by Crippen LogP contribution is 2.28. The molecule has 142 valence electrons. The molecule has 0 atom stereocenters. The minimum absolute atomic E-state index is 0.129. The summed E-state index contributed by atoms with van der Waals surface area (Å²) in [4.78, 5) is 34.1. The first-order valence-electron chi connectivity index (χ1n) is 9.59. The molecule has 0 N–H and O–H groups in total. The number of hydrogen-bond donors (Lipinski definition) is 0. The highest BCUT2D eigenvalue weighted by Gasteiger charge is 2.14. The van der Waals surface area contributed by atoms with Gasteiger partial charge in [-0.25, -0.2) is 0 Å². The molecule has 4 nitrogen and oxygen atoms in total. The summed E-state index contributed by atoms with van der Waals surface area (Å²) in [6.45, 7) is 0. The maximum absolute atomic E-state index is 12.9. The van der Waals surface area contributed by atoms with Crippen LogP contribution in [-0.4, -0.2) is 21.5 Å². The van der Waals surface area contributed by atoms with Crippen LogP contribution < -0.4 is 0 Å². The Morgan fingerprint density at radius 3 is 1.37 bits per heavy atom. The van der Waals surface area contributed by atoms with Crippen molar-refractivity contribution in [2.24, 2.45) is 0 Å². The molecule has 0 unspecified atom stereocenters. The number of aromatic nitrogens is 2. The number of carbonyl (C=O) groups is 2. The van der Waals surface area contributed by atoms with Crippen molar-refractivity contribution >= 4 is 33.1 Å². The Balaban J connectivity index is 1.66. The minimum Gasteiger partial charge on any atom is -0.287 e. The van der Waals surface area contributed by atoms with Gasteiger partial charge in [0, 0.05) is 23.5 Å². The predicted octanol–water partition coefficient (Wildman–Crippen LogP) is 5.25. The number of nitrogens with zero attached hydrogens (tertiary/aromatic N) is 2. The third-order valence-corrected chi connectivity index (χ3v) is 5.16. The minimum atomic E-state index is -0.129. The van der Waals surface area contributed by atoms with E-state index in [1.165, 1.54) is 0 Å². The molecule has 4 heteroatoms. The first-order chi connectivity index (χ1) is 14.7. The van der Waals surface area contributed by atoms with Crippen molar-refractivity contribution in [1.82, 2.24) is 9.97 Å². The Morgan fingerprint density at radius 1 is 0.533 bits per heavy atom. The first-order valence-corrected chi connectivity index (χ1v) is 9.59. The zero-order chi connectivity index (χ0) is 20.5. The second kappa shape index (κ2) is 7.33. The molecule has 2 heterocycles. The van der Waals surface area contributed by atoms with Crippen LogP contribution >= 0.6 is 0 Å². The molecule has 0 saturated carbocycles. The van der Waals surface area contributed by atoms with E-state index in [9.17, 15) is 9.59 Å². The number of pyridine rings is 2. The van der Waals surface area contributed by atoms with Gasteiger partial charge in [-0.15, -0.1) is 0 Å². The van der Waals surface area contributed by atoms with Crippen LogP contribution in [-0.2, 0) is 0 Å². The lowest BCUT2D eigenvalue weighted by Crippen LogP contribution is -2.04. The SMILES string of the molecule is O=C(c1ccc2ccc3ccc(C(=O)c4ccccn4)cc3c2c1)c1ccccn1. The van der Waals surface area contributed by atoms with Gasteiger partial charge in [-0.1, -0.05) is 48.5 Å². The van der Waals surface area contributed by atoms with E-state index in [2.05, 4.69) is 9.97 Å². The molecule has 0 saturated heterocycles. The van der Waals surface area contributed by atoms with Crippen LogP contribution in [0.1, 0.15) is 32.1 Å². The van der Waals surface area contributed by atoms with Crippen molar-refractivity contribution in [3.8, 4) is 0 Å². The Kier molecular flexibility index (Phi) is 4.37. The molecule has 5 aromatic rings. The molecule has 2 aromatic heterocycles. The van der Waals surface area contributed by atoms with E-state index in [0.29, 0.717) is 22.5 Å². The van der Waals surface area contributed by atoms with Crippen LogP contribution in [0, 0.1) is 0 Å². The number of fused-ring (bicyclic) bond motifs is 3. The fourth-order valence-corrected chi connectivity index (χ4v) is 3.62. The summed E-state index contributed by atoms with van der Waals surface area (Å²) in [7, 11) is 0. The van der Waals surface area contributed by atoms with Gasteiger partial charge in [-0.2, -0.15) is 0 Å². The van der Waals surface area contributed by atoms with Gasteiger partial charge in [0.1, 0.15) is 11.4 Å². The average molecular weight is 388 g/mol. The lowest BCUT2D eigenvalue weighted by atomic mass is 9.95. The molecular formula is C26H16N2O2. The van der Waals surface area contributed by atoms with E-state index in [0.717, 1.165) is 21.5 Å². The molecule has 0 aliphatic heterocycles. The van der Waals surface area contributed by atoms with E-state index < -0.39 is 0 Å². The fourth-order valence-electron chi connectivity index (χ4n) is 3.62. The first kappa shape index (κ1) is 17.9. The standard InChI is InChI=1S/C26H16N2O2/c29-25(23-5-1-3-13-27-23)19-11-9-17-7-8-18-10-12-20(16-22(18)21(17)15-19)26(30)24-6-2-4-14-28-24/h1-16H. The van der Waals surface area contributed by atoms with Gasteiger partial charge < -0.3 is 0 Å². The smallest absolute Gasteiger partial charge is 0.211 e. The van der Waals surface area contributed by atoms with Crippen LogP contribution in [0.2, 0.25) is 0 Å². The van der Waals surface area contributed by atoms with E-state index >= 15 is 0 Å². The third-order valence-electron chi connectivity index (χ3n) is 5.16. The van der Waals surface area contributed by atoms with Gasteiger partial charge >= 0.3 is 0 Å². The zero-order valence-corrected chi connectivity index (χ0v) is 15.9. The summed E-state index contributed by atoms with van der Waals surface area (Å²) in [6, 6.07) is 25.9. The maximum Gasteiger partial charge on any atom is 0.211 e. The summed E-state index contributed by atoms with van der Waals surface area (Å²) in [6.07, 6.45) is 3.22. The fraction of sp³-hybridized carbons (Fsp3) is 0. The Bertz CT molecular complexity index is 1300. The number of rotatable bonds is 4. The van der Waals surface area contributed by atoms with Crippen LogP contribution in [0.4, 0.5) is 0 Å². The van der Waals surface area contributed by atoms with Gasteiger partial charge in [-0.05, 0) is 57.9 Å². The van der Waals surface area contributed by atoms with E-state index in [-0.39, 0.29) is 11.6 Å². The number of benzene rings is 3. The molecule has 3 aromatic carbocycles. The van der Waals surface area contributed by atoms with Crippen LogP contribution in [0.5, 0.6) is 0 Å². The zero-order valence-electron chi connectivity index (χ0n) is 15.9. The van der Waals surface area contributed by atoms with Gasteiger partial charge in [-0.3, -0.25) is 19.6 Å². The number of carbonyl (C=O) groups excluding carboxylic acids is 2. The lowest BCUT2D eigenvalue weighted by molar-refractivity contribution is 0.102. The van der Waals surface area contributed by atoms with Gasteiger partial charge in [0.25, 0.3) is 0 Å². The third kappa shape index (κ3) is 3.14. The Hall–Kier alpha value is -4.18. The van der Waals surface area contributed by atoms with Crippen molar-refractivity contribution in [2.45, 2.75) is 0 Å². The summed E-state index contributed by atoms with van der Waals surface area (Å²) < 4.78 is 0. The second-order valence-electron chi connectivity index (χ2n) is 7.03. The molecule has 0 aliphatic rings. The van der Waals surface area contributed by atoms with Gasteiger partial charge in [0.05, 0.1) is 0 Å². The molecule has 0 radical (unpaired) electrons. The van der Waals surface area contributed by atoms with Crippen LogP contribution in [0.25, 0.3) is 21.5 Å². The topological polar surface area (TPSA) is 59.9 Å². The Labute approximate surface area is 172 Å². The second-order valence-corrected chi connectivity index (χ2v) is 7.03. The van der Waals surface area contributed by atoms with Crippen molar-refractivity contribution in [3.63, 3.8) is 0 Å². The van der Waals surface area contributed by atoms with E-state index in [1.807, 2.05) is 48.5 Å². The molecule has 5 rings (SSSR count). The van der Waals surface area contributed by atoms with Crippen molar-refractivity contribution in [1.29, 1.82) is 0 Å². The molecule has 30 heavy (non-hydrogen) atoms. The van der Waals surface area contributed by atoms with Gasteiger partial charge in [0.2, 0.25) is 11.6 Å². The molecule has 0 fully saturated rings. The molecule has 0 amide bonds. The van der Waals surface area contributed by atoms with Crippen LogP contribution in [0.3, 0.4) is 0 Å². The maximum atomic E-state index is 12.9. The highest BCUT2D eigenvalue weighted by atomic mass is 16.1. The largest absolute Gasteiger partial charge is 0.287 e. The van der Waals surface area contributed by atoms with E-state index in [4.69, 9.17) is 0 Å². The molecular weight excluding hydrogens is 372 g/mol. The molecule has 0 aliphatic carbocycles. The van der Waals surface area contributed by atoms with Crippen LogP contribution in [0.15, 0.2) is 97.3 Å². The average Bonchev–Trinajstić information content (AvgIpc) is 2.83. The van der Waals surface area contributed by atoms with Gasteiger partial charge in [0.15, 0.2) is 0 Å². The lowest BCUT2D eigenvalue weighted by Gasteiger charge is -2.08. The van der Waals surface area contributed by atoms with Crippen molar-refractivity contribution in [3.05, 3.63) is 120 Å². The molecule has 0 bridgehead atoms. The number of ketones is 2. The highest BCUT2D eigenvalue weighted by molar-refractivity contribution is 6.16. The van der Waals surface area contributed by atoms with Crippen molar-refractivity contribution < 1.29 is 9.59 Å². The summed E-state index contributed by atoms with van der Waals surface area (Å²) in [5.74, 6) is -0.259. The normalized spacial score (nSPS) is 10.9. The Morgan fingerprint density at radius 2 is 0.967 bits per heavy atom. The summed E-state index contributed by atoms with van der Waals surface area (Å²) >= 11 is 0. The quantitative estimate of drug-likeness (QED) is 0.312.